The summed E-state index contributed by atoms with van der Waals surface area (Å²) in [5, 5.41) is 3.00. The highest BCUT2D eigenvalue weighted by atomic mass is 16.5. The predicted molar refractivity (Wildman–Crippen MR) is 63.7 cm³/mol. The van der Waals surface area contributed by atoms with E-state index in [0.29, 0.717) is 30.5 Å². The van der Waals surface area contributed by atoms with Crippen molar-refractivity contribution >= 4 is 17.4 Å². The van der Waals surface area contributed by atoms with Crippen LogP contribution in [0, 0.1) is 0 Å². The van der Waals surface area contributed by atoms with Crippen molar-refractivity contribution in [2.45, 2.75) is 0 Å². The van der Waals surface area contributed by atoms with Gasteiger partial charge in [-0.2, -0.15) is 4.98 Å². The zero-order chi connectivity index (χ0) is 12.7. The Morgan fingerprint density at radius 1 is 1.53 bits per heavy atom. The number of methoxy groups -OCH3 is 1. The first-order chi connectivity index (χ1) is 8.13. The number of pyridine rings is 1. The minimum absolute atomic E-state index is 0.0832. The number of carbonyl (C=O) groups excluding carboxylic acids is 1. The van der Waals surface area contributed by atoms with Crippen LogP contribution in [-0.4, -0.2) is 37.8 Å². The van der Waals surface area contributed by atoms with Gasteiger partial charge in [-0.1, -0.05) is 0 Å². The number of amides is 1. The van der Waals surface area contributed by atoms with Crippen LogP contribution in [0.1, 0.15) is 0 Å². The van der Waals surface area contributed by atoms with Crippen LogP contribution in [-0.2, 0) is 9.53 Å². The average molecular weight is 240 g/mol. The van der Waals surface area contributed by atoms with Crippen LogP contribution < -0.4 is 21.5 Å². The first-order valence-electron chi connectivity index (χ1n) is 5.04. The van der Waals surface area contributed by atoms with Gasteiger partial charge in [-0.05, 0) is 12.1 Å². The third-order valence-electron chi connectivity index (χ3n) is 1.88. The third-order valence-corrected chi connectivity index (χ3v) is 1.88. The van der Waals surface area contributed by atoms with Crippen molar-refractivity contribution in [3.8, 4) is 5.88 Å². The van der Waals surface area contributed by atoms with Crippen molar-refractivity contribution in [3.63, 3.8) is 0 Å². The smallest absolute Gasteiger partial charge is 0.243 e. The summed E-state index contributed by atoms with van der Waals surface area (Å²) in [4.78, 5) is 14.5. The Bertz CT molecular complexity index is 384. The lowest BCUT2D eigenvalue weighted by atomic mass is 10.4. The topological polar surface area (TPSA) is 112 Å². The van der Waals surface area contributed by atoms with Crippen molar-refractivity contribution in [1.82, 2.24) is 4.98 Å². The lowest BCUT2D eigenvalue weighted by Gasteiger charge is -2.08. The molecule has 1 amide bonds. The number of hydrogen-bond donors (Lipinski definition) is 3. The Balaban J connectivity index is 2.34. The molecule has 17 heavy (non-hydrogen) atoms. The number of rotatable bonds is 7. The summed E-state index contributed by atoms with van der Waals surface area (Å²) in [6.45, 7) is 0.783. The van der Waals surface area contributed by atoms with E-state index < -0.39 is 5.91 Å². The van der Waals surface area contributed by atoms with Crippen LogP contribution in [0.15, 0.2) is 12.1 Å². The lowest BCUT2D eigenvalue weighted by molar-refractivity contribution is -0.122. The Morgan fingerprint density at radius 2 is 2.29 bits per heavy atom. The van der Waals surface area contributed by atoms with E-state index in [1.54, 1.807) is 12.1 Å². The highest BCUT2D eigenvalue weighted by molar-refractivity contribution is 5.74. The van der Waals surface area contributed by atoms with Crippen LogP contribution >= 0.6 is 0 Å². The van der Waals surface area contributed by atoms with Crippen molar-refractivity contribution in [3.05, 3.63) is 12.1 Å². The van der Waals surface area contributed by atoms with E-state index in [0.717, 1.165) is 0 Å². The van der Waals surface area contributed by atoms with Crippen molar-refractivity contribution in [2.75, 3.05) is 37.9 Å². The summed E-state index contributed by atoms with van der Waals surface area (Å²) in [6.07, 6.45) is 0. The van der Waals surface area contributed by atoms with E-state index >= 15 is 0 Å². The van der Waals surface area contributed by atoms with Crippen molar-refractivity contribution < 1.29 is 14.3 Å². The van der Waals surface area contributed by atoms with E-state index in [2.05, 4.69) is 10.3 Å². The maximum absolute atomic E-state index is 10.4. The molecule has 7 heteroatoms. The molecule has 0 saturated carbocycles. The Morgan fingerprint density at radius 3 is 2.94 bits per heavy atom. The second-order valence-corrected chi connectivity index (χ2v) is 3.24. The van der Waals surface area contributed by atoms with Gasteiger partial charge in [-0.3, -0.25) is 4.79 Å². The minimum Gasteiger partial charge on any atom is -0.479 e. The molecule has 1 aromatic rings. The molecule has 0 bridgehead atoms. The number of carbonyl (C=O) groups is 1. The monoisotopic (exact) mass is 240 g/mol. The number of hydrogen-bond acceptors (Lipinski definition) is 6. The van der Waals surface area contributed by atoms with Crippen molar-refractivity contribution in [2.24, 2.45) is 5.73 Å². The quantitative estimate of drug-likeness (QED) is 0.558. The summed E-state index contributed by atoms with van der Waals surface area (Å²) in [5.74, 6) is 0.504. The molecule has 0 fully saturated rings. The van der Waals surface area contributed by atoms with E-state index in [4.69, 9.17) is 20.9 Å². The zero-order valence-corrected chi connectivity index (χ0v) is 9.60. The zero-order valence-electron chi connectivity index (χ0n) is 9.60. The molecule has 0 radical (unpaired) electrons. The molecular formula is C10H16N4O3. The fourth-order valence-corrected chi connectivity index (χ4v) is 1.14. The molecule has 0 aromatic carbocycles. The first kappa shape index (κ1) is 13.0. The number of nitrogens with zero attached hydrogens (tertiary/aromatic N) is 1. The highest BCUT2D eigenvalue weighted by Gasteiger charge is 2.02. The number of nitrogens with two attached hydrogens (primary N) is 2. The summed E-state index contributed by atoms with van der Waals surface area (Å²) < 4.78 is 9.95. The molecule has 1 heterocycles. The molecule has 1 rings (SSSR count). The standard InChI is InChI=1S/C10H16N4O3/c1-16-10-7(11)2-3-9(14-10)13-4-5-17-6-8(12)15/h2-3H,4-6,11H2,1H3,(H2,12,15)(H,13,14). The van der Waals surface area contributed by atoms with Gasteiger partial charge in [-0.15, -0.1) is 0 Å². The molecule has 0 saturated heterocycles. The largest absolute Gasteiger partial charge is 0.479 e. The SMILES string of the molecule is COc1nc(NCCOCC(N)=O)ccc1N. The maximum atomic E-state index is 10.4. The van der Waals surface area contributed by atoms with Crippen molar-refractivity contribution in [1.29, 1.82) is 0 Å². The number of nitrogen functional groups attached to an aromatic ring is 1. The van der Waals surface area contributed by atoms with Crippen LogP contribution in [0.2, 0.25) is 0 Å². The molecule has 7 nitrogen and oxygen atoms in total. The van der Waals surface area contributed by atoms with E-state index in [1.807, 2.05) is 0 Å². The number of primary amides is 1. The normalized spacial score (nSPS) is 9.94. The van der Waals surface area contributed by atoms with Crippen LogP contribution in [0.5, 0.6) is 5.88 Å². The number of aromatic nitrogens is 1. The summed E-state index contributed by atoms with van der Waals surface area (Å²) in [7, 11) is 1.50. The Labute approximate surface area is 99.1 Å². The molecule has 0 spiro atoms. The second kappa shape index (κ2) is 6.54. The van der Waals surface area contributed by atoms with Gasteiger partial charge in [0.2, 0.25) is 11.8 Å². The van der Waals surface area contributed by atoms with Gasteiger partial charge in [-0.25, -0.2) is 0 Å². The molecule has 5 N–H and O–H groups in total. The van der Waals surface area contributed by atoms with Crippen LogP contribution in [0.3, 0.4) is 0 Å². The Kier molecular flexibility index (Phi) is 5.02. The van der Waals surface area contributed by atoms with Crippen LogP contribution in [0.4, 0.5) is 11.5 Å². The second-order valence-electron chi connectivity index (χ2n) is 3.24. The van der Waals surface area contributed by atoms with Gasteiger partial charge < -0.3 is 26.3 Å². The maximum Gasteiger partial charge on any atom is 0.243 e. The highest BCUT2D eigenvalue weighted by Crippen LogP contribution is 2.19. The molecule has 0 aliphatic heterocycles. The van der Waals surface area contributed by atoms with E-state index in [-0.39, 0.29) is 6.61 Å². The molecule has 0 aliphatic carbocycles. The van der Waals surface area contributed by atoms with Gasteiger partial charge in [0.15, 0.2) is 0 Å². The summed E-state index contributed by atoms with van der Waals surface area (Å²) in [5.41, 5.74) is 11.0. The fraction of sp³-hybridized carbons (Fsp3) is 0.400. The Hall–Kier alpha value is -2.02. The molecule has 1 aromatic heterocycles. The van der Waals surface area contributed by atoms with E-state index in [1.165, 1.54) is 7.11 Å². The van der Waals surface area contributed by atoms with Gasteiger partial charge in [0.25, 0.3) is 0 Å². The average Bonchev–Trinajstić information content (AvgIpc) is 2.30. The number of ether oxygens (including phenoxy) is 2. The number of nitrogens with one attached hydrogen (secondary N) is 1. The molecular weight excluding hydrogens is 224 g/mol. The van der Waals surface area contributed by atoms with Gasteiger partial charge in [0, 0.05) is 6.54 Å². The molecule has 0 atom stereocenters. The molecule has 0 aliphatic rings. The molecule has 0 unspecified atom stereocenters. The third kappa shape index (κ3) is 4.56. The van der Waals surface area contributed by atoms with Crippen LogP contribution in [0.25, 0.3) is 0 Å². The first-order valence-corrected chi connectivity index (χ1v) is 5.04. The number of anilines is 2. The molecule has 94 valence electrons. The van der Waals surface area contributed by atoms with E-state index in [9.17, 15) is 4.79 Å². The van der Waals surface area contributed by atoms with Gasteiger partial charge >= 0.3 is 0 Å². The summed E-state index contributed by atoms with van der Waals surface area (Å²) in [6, 6.07) is 3.42. The van der Waals surface area contributed by atoms with Gasteiger partial charge in [0.05, 0.1) is 19.4 Å². The van der Waals surface area contributed by atoms with Gasteiger partial charge in [0.1, 0.15) is 12.4 Å². The minimum atomic E-state index is -0.489. The summed E-state index contributed by atoms with van der Waals surface area (Å²) >= 11 is 0. The fourth-order valence-electron chi connectivity index (χ4n) is 1.14. The predicted octanol–water partition coefficient (Wildman–Crippen LogP) is -0.414. The lowest BCUT2D eigenvalue weighted by Crippen LogP contribution is -2.20.